The molecule has 1 aliphatic rings. The van der Waals surface area contributed by atoms with Crippen LogP contribution in [0.25, 0.3) is 0 Å². The van der Waals surface area contributed by atoms with Crippen molar-refractivity contribution in [3.63, 3.8) is 0 Å². The van der Waals surface area contributed by atoms with E-state index in [-0.39, 0.29) is 6.61 Å². The van der Waals surface area contributed by atoms with Crippen molar-refractivity contribution < 1.29 is 23.3 Å². The van der Waals surface area contributed by atoms with Crippen LogP contribution in [0.15, 0.2) is 21.9 Å². The van der Waals surface area contributed by atoms with Crippen molar-refractivity contribution in [2.75, 3.05) is 34.1 Å². The summed E-state index contributed by atoms with van der Waals surface area (Å²) in [5, 5.41) is 0. The van der Waals surface area contributed by atoms with Crippen molar-refractivity contribution in [2.45, 2.75) is 149 Å². The van der Waals surface area contributed by atoms with Crippen molar-refractivity contribution in [3.8, 4) is 0 Å². The predicted octanol–water partition coefficient (Wildman–Crippen LogP) is 7.97. The molecule has 9 nitrogen and oxygen atoms in total. The molecule has 1 fully saturated rings. The Kier molecular flexibility index (Phi) is 26.7. The van der Waals surface area contributed by atoms with Crippen LogP contribution in [0.3, 0.4) is 0 Å². The molecule has 5 atom stereocenters. The molecule has 248 valence electrons. The zero-order chi connectivity index (χ0) is 31.6. The van der Waals surface area contributed by atoms with E-state index in [9.17, 15) is 9.59 Å². The Morgan fingerprint density at radius 3 is 1.83 bits per heavy atom. The Morgan fingerprint density at radius 2 is 1.36 bits per heavy atom. The normalized spacial score (nSPS) is 20.4. The fraction of sp³-hybridized carbons (Fsp3) is 0.875. The molecule has 0 bridgehead atoms. The fourth-order valence-corrected chi connectivity index (χ4v) is 5.58. The number of rotatable bonds is 22. The van der Waals surface area contributed by atoms with Gasteiger partial charge in [0.15, 0.2) is 14.6 Å². The van der Waals surface area contributed by atoms with Crippen LogP contribution in [0.2, 0.25) is 0 Å². The third-order valence-corrected chi connectivity index (χ3v) is 8.13. The summed E-state index contributed by atoms with van der Waals surface area (Å²) in [5.74, 6) is 0. The maximum Gasteiger partial charge on any atom is 0.330 e. The molecule has 0 aliphatic carbocycles. The quantitative estimate of drug-likeness (QED) is 0.104. The van der Waals surface area contributed by atoms with Crippen molar-refractivity contribution in [3.05, 3.63) is 33.1 Å². The van der Waals surface area contributed by atoms with E-state index in [1.807, 2.05) is 34.4 Å². The highest BCUT2D eigenvalue weighted by atomic mass is 31.2. The van der Waals surface area contributed by atoms with Crippen LogP contribution in [0, 0.1) is 0 Å². The Bertz CT molecular complexity index is 851. The van der Waals surface area contributed by atoms with Crippen LogP contribution in [0.1, 0.15) is 131 Å². The fourth-order valence-electron chi connectivity index (χ4n) is 4.89. The number of hydrogen-bond donors (Lipinski definition) is 1. The lowest BCUT2D eigenvalue weighted by molar-refractivity contribution is -0.0767. The highest BCUT2D eigenvalue weighted by Gasteiger charge is 2.48. The molecule has 0 aromatic carbocycles. The minimum atomic E-state index is -1.15. The third kappa shape index (κ3) is 16.7. The number of ether oxygens (including phenoxy) is 3. The lowest BCUT2D eigenvalue weighted by Crippen LogP contribution is -2.40. The molecule has 2 rings (SSSR count). The molecule has 0 amide bonds. The molecule has 0 spiro atoms. The monoisotopic (exact) mass is 618 g/mol. The Balaban J connectivity index is 0.00000402. The molecule has 10 heteroatoms. The maximum atomic E-state index is 12.5. The second kappa shape index (κ2) is 27.5. The molecule has 0 saturated carbocycles. The van der Waals surface area contributed by atoms with Gasteiger partial charge in [-0.05, 0) is 6.42 Å². The SMILES string of the molecule is CC.CC.CCCCCCCCCCCCCCCCOC1C(OP(C)OC)C(COC)OC1n1ccc(=O)[nH]c1=O. The van der Waals surface area contributed by atoms with Crippen molar-refractivity contribution in [2.24, 2.45) is 0 Å². The molecule has 5 unspecified atom stereocenters. The van der Waals surface area contributed by atoms with Crippen molar-refractivity contribution >= 4 is 8.38 Å². The molecule has 1 aromatic rings. The topological polar surface area (TPSA) is 101 Å². The van der Waals surface area contributed by atoms with E-state index in [1.165, 1.54) is 93.9 Å². The van der Waals surface area contributed by atoms with Crippen LogP contribution in [-0.2, 0) is 23.3 Å². The minimum Gasteiger partial charge on any atom is -0.382 e. The van der Waals surface area contributed by atoms with Gasteiger partial charge in [0.05, 0.1) is 6.61 Å². The Hall–Kier alpha value is -1.09. The first-order chi connectivity index (χ1) is 20.5. The molecule has 42 heavy (non-hydrogen) atoms. The summed E-state index contributed by atoms with van der Waals surface area (Å²) in [7, 11) is 2.04. The van der Waals surface area contributed by atoms with Crippen LogP contribution < -0.4 is 11.2 Å². The van der Waals surface area contributed by atoms with E-state index >= 15 is 0 Å². The largest absolute Gasteiger partial charge is 0.382 e. The summed E-state index contributed by atoms with van der Waals surface area (Å²) in [6, 6.07) is 1.30. The number of nitrogens with one attached hydrogen (secondary N) is 1. The summed E-state index contributed by atoms with van der Waals surface area (Å²) in [6.07, 6.45) is 17.4. The first-order valence-corrected chi connectivity index (χ1v) is 18.2. The predicted molar refractivity (Wildman–Crippen MR) is 175 cm³/mol. The van der Waals surface area contributed by atoms with Gasteiger partial charge in [-0.25, -0.2) is 4.79 Å². The van der Waals surface area contributed by atoms with Gasteiger partial charge in [0.1, 0.15) is 18.3 Å². The van der Waals surface area contributed by atoms with E-state index in [4.69, 9.17) is 23.3 Å². The van der Waals surface area contributed by atoms with Crippen molar-refractivity contribution in [1.82, 2.24) is 9.55 Å². The number of aromatic nitrogens is 2. The van der Waals surface area contributed by atoms with Gasteiger partial charge in [-0.1, -0.05) is 118 Å². The third-order valence-electron chi connectivity index (χ3n) is 7.08. The second-order valence-corrected chi connectivity index (χ2v) is 11.6. The van der Waals surface area contributed by atoms with Gasteiger partial charge in [0.2, 0.25) is 0 Å². The summed E-state index contributed by atoms with van der Waals surface area (Å²) in [5.41, 5.74) is -1.00. The zero-order valence-electron chi connectivity index (χ0n) is 28.0. The first-order valence-electron chi connectivity index (χ1n) is 16.5. The van der Waals surface area contributed by atoms with Gasteiger partial charge in [-0.3, -0.25) is 14.3 Å². The summed E-state index contributed by atoms with van der Waals surface area (Å²) >= 11 is 0. The van der Waals surface area contributed by atoms with Crippen LogP contribution in [-0.4, -0.2) is 62.0 Å². The zero-order valence-corrected chi connectivity index (χ0v) is 28.9. The van der Waals surface area contributed by atoms with Gasteiger partial charge >= 0.3 is 5.69 Å². The van der Waals surface area contributed by atoms with E-state index in [0.717, 1.165) is 12.8 Å². The molecule has 1 aliphatic heterocycles. The van der Waals surface area contributed by atoms with E-state index in [0.29, 0.717) is 6.61 Å². The number of nitrogens with zero attached hydrogens (tertiary/aromatic N) is 1. The average Bonchev–Trinajstić information content (AvgIpc) is 3.33. The van der Waals surface area contributed by atoms with E-state index in [1.54, 1.807) is 14.2 Å². The van der Waals surface area contributed by atoms with Gasteiger partial charge in [0, 0.05) is 39.8 Å². The highest BCUT2D eigenvalue weighted by Crippen LogP contribution is 2.42. The van der Waals surface area contributed by atoms with Gasteiger partial charge in [-0.2, -0.15) is 0 Å². The summed E-state index contributed by atoms with van der Waals surface area (Å²) < 4.78 is 30.7. The number of methoxy groups -OCH3 is 1. The molecular formula is C32H63N2O7P. The number of hydrogen-bond acceptors (Lipinski definition) is 7. The number of unbranched alkanes of at least 4 members (excludes halogenated alkanes) is 13. The maximum absolute atomic E-state index is 12.5. The number of aromatic amines is 1. The van der Waals surface area contributed by atoms with Crippen LogP contribution in [0.5, 0.6) is 0 Å². The van der Waals surface area contributed by atoms with Crippen LogP contribution >= 0.6 is 8.38 Å². The second-order valence-electron chi connectivity index (χ2n) is 10.2. The molecule has 1 saturated heterocycles. The summed E-state index contributed by atoms with van der Waals surface area (Å²) in [6.45, 7) is 12.9. The smallest absolute Gasteiger partial charge is 0.330 e. The van der Waals surface area contributed by atoms with Gasteiger partial charge in [0.25, 0.3) is 5.56 Å². The lowest BCUT2D eigenvalue weighted by atomic mass is 10.0. The number of H-pyrrole nitrogens is 1. The average molecular weight is 619 g/mol. The first kappa shape index (κ1) is 40.9. The standard InChI is InChI=1S/C28H51N2O7P.2C2H6/c1-5-6-7-8-9-10-11-12-13-14-15-16-17-18-21-35-26-25(37-38(4)34-3)23(22-33-2)36-27(26)30-20-19-24(31)29-28(30)32;2*1-2/h19-20,23,25-27H,5-18,21-22H2,1-4H3,(H,29,31,32);2*1-2H3. The van der Waals surface area contributed by atoms with E-state index in [2.05, 4.69) is 11.9 Å². The van der Waals surface area contributed by atoms with Gasteiger partial charge in [-0.15, -0.1) is 0 Å². The lowest BCUT2D eigenvalue weighted by Gasteiger charge is -2.26. The molecule has 1 N–H and O–H groups in total. The van der Waals surface area contributed by atoms with Crippen LogP contribution in [0.4, 0.5) is 0 Å². The molecule has 1 aromatic heterocycles. The molecule has 2 heterocycles. The molecular weight excluding hydrogens is 555 g/mol. The summed E-state index contributed by atoms with van der Waals surface area (Å²) in [4.78, 5) is 26.4. The Labute approximate surface area is 257 Å². The van der Waals surface area contributed by atoms with Crippen molar-refractivity contribution in [1.29, 1.82) is 0 Å². The van der Waals surface area contributed by atoms with E-state index < -0.39 is 44.2 Å². The minimum absolute atomic E-state index is 0.283. The molecule has 0 radical (unpaired) electrons. The Morgan fingerprint density at radius 1 is 0.833 bits per heavy atom. The highest BCUT2D eigenvalue weighted by molar-refractivity contribution is 7.46. The van der Waals surface area contributed by atoms with Gasteiger partial charge < -0.3 is 23.3 Å².